The van der Waals surface area contributed by atoms with Gasteiger partial charge in [0.1, 0.15) is 0 Å². The zero-order valence-corrected chi connectivity index (χ0v) is 12.5. The summed E-state index contributed by atoms with van der Waals surface area (Å²) in [6.07, 6.45) is 6.45. The SMILES string of the molecule is CC(C)(C)[Si](C)(C)OCCN1CC=[C]CC1. The van der Waals surface area contributed by atoms with Crippen molar-refractivity contribution in [3.05, 3.63) is 12.2 Å². The van der Waals surface area contributed by atoms with Crippen LogP contribution in [0.4, 0.5) is 0 Å². The zero-order valence-electron chi connectivity index (χ0n) is 11.5. The maximum absolute atomic E-state index is 6.16. The smallest absolute Gasteiger partial charge is 0.192 e. The molecule has 0 N–H and O–H groups in total. The van der Waals surface area contributed by atoms with Crippen LogP contribution in [0.15, 0.2) is 6.08 Å². The Kier molecular flexibility index (Phi) is 4.77. The van der Waals surface area contributed by atoms with Crippen LogP contribution in [0, 0.1) is 6.08 Å². The van der Waals surface area contributed by atoms with Crippen molar-refractivity contribution >= 4 is 8.32 Å². The topological polar surface area (TPSA) is 12.5 Å². The van der Waals surface area contributed by atoms with Gasteiger partial charge in [0.15, 0.2) is 8.32 Å². The lowest BCUT2D eigenvalue weighted by molar-refractivity contribution is 0.207. The Balaban J connectivity index is 2.27. The summed E-state index contributed by atoms with van der Waals surface area (Å²) < 4.78 is 6.16. The fourth-order valence-electron chi connectivity index (χ4n) is 1.46. The molecule has 2 nitrogen and oxygen atoms in total. The van der Waals surface area contributed by atoms with Crippen molar-refractivity contribution in [3.8, 4) is 0 Å². The third kappa shape index (κ3) is 4.04. The van der Waals surface area contributed by atoms with Crippen molar-refractivity contribution in [3.63, 3.8) is 0 Å². The van der Waals surface area contributed by atoms with Crippen molar-refractivity contribution in [2.45, 2.75) is 45.3 Å². The normalized spacial score (nSPS) is 19.1. The van der Waals surface area contributed by atoms with E-state index in [1.54, 1.807) is 0 Å². The molecule has 0 unspecified atom stereocenters. The van der Waals surface area contributed by atoms with Crippen LogP contribution in [0.3, 0.4) is 0 Å². The largest absolute Gasteiger partial charge is 0.416 e. The molecule has 0 aliphatic carbocycles. The van der Waals surface area contributed by atoms with Crippen molar-refractivity contribution < 1.29 is 4.43 Å². The molecular formula is C13H26NOSi. The van der Waals surface area contributed by atoms with Crippen LogP contribution in [0.5, 0.6) is 0 Å². The van der Waals surface area contributed by atoms with Gasteiger partial charge in [0.25, 0.3) is 0 Å². The van der Waals surface area contributed by atoms with E-state index in [-0.39, 0.29) is 0 Å². The molecule has 0 saturated carbocycles. The molecule has 0 saturated heterocycles. The molecule has 0 amide bonds. The van der Waals surface area contributed by atoms with E-state index in [9.17, 15) is 0 Å². The second kappa shape index (κ2) is 5.47. The van der Waals surface area contributed by atoms with Gasteiger partial charge in [0.05, 0.1) is 0 Å². The summed E-state index contributed by atoms with van der Waals surface area (Å²) in [5.74, 6) is 0. The Hall–Kier alpha value is -0.123. The van der Waals surface area contributed by atoms with Gasteiger partial charge in [-0.05, 0) is 30.6 Å². The fraction of sp³-hybridized carbons (Fsp3) is 0.846. The molecule has 93 valence electrons. The van der Waals surface area contributed by atoms with Gasteiger partial charge in [-0.15, -0.1) is 0 Å². The predicted molar refractivity (Wildman–Crippen MR) is 72.0 cm³/mol. The summed E-state index contributed by atoms with van der Waals surface area (Å²) in [7, 11) is -1.54. The van der Waals surface area contributed by atoms with Gasteiger partial charge in [-0.3, -0.25) is 4.90 Å². The molecule has 16 heavy (non-hydrogen) atoms. The number of rotatable bonds is 4. The second-order valence-corrected chi connectivity index (χ2v) is 10.9. The first-order valence-corrected chi connectivity index (χ1v) is 9.15. The Bertz CT molecular complexity index is 243. The Labute approximate surface area is 102 Å². The van der Waals surface area contributed by atoms with E-state index in [2.05, 4.69) is 50.9 Å². The zero-order chi connectivity index (χ0) is 12.2. The van der Waals surface area contributed by atoms with Gasteiger partial charge in [0, 0.05) is 26.2 Å². The third-order valence-electron chi connectivity index (χ3n) is 3.74. The lowest BCUT2D eigenvalue weighted by Gasteiger charge is -2.37. The molecule has 1 radical (unpaired) electrons. The first kappa shape index (κ1) is 13.9. The summed E-state index contributed by atoms with van der Waals surface area (Å²) in [6.45, 7) is 15.6. The van der Waals surface area contributed by atoms with Gasteiger partial charge in [0.2, 0.25) is 0 Å². The summed E-state index contributed by atoms with van der Waals surface area (Å²) in [5.41, 5.74) is 0. The number of hydrogen-bond donors (Lipinski definition) is 0. The third-order valence-corrected chi connectivity index (χ3v) is 8.28. The quantitative estimate of drug-likeness (QED) is 0.700. The van der Waals surface area contributed by atoms with Crippen LogP contribution >= 0.6 is 0 Å². The first-order chi connectivity index (χ1) is 7.33. The summed E-state index contributed by atoms with van der Waals surface area (Å²) in [4.78, 5) is 2.43. The molecule has 0 aromatic carbocycles. The number of nitrogens with zero attached hydrogens (tertiary/aromatic N) is 1. The van der Waals surface area contributed by atoms with Crippen molar-refractivity contribution in [2.75, 3.05) is 26.2 Å². The van der Waals surface area contributed by atoms with Gasteiger partial charge >= 0.3 is 0 Å². The standard InChI is InChI=1S/C13H26NOSi/c1-13(2,3)16(4,5)15-12-11-14-9-7-6-8-10-14/h7H,8-12H2,1-5H3. The highest BCUT2D eigenvalue weighted by Crippen LogP contribution is 2.36. The summed E-state index contributed by atoms with van der Waals surface area (Å²) >= 11 is 0. The minimum atomic E-state index is -1.54. The Morgan fingerprint density at radius 1 is 1.38 bits per heavy atom. The first-order valence-electron chi connectivity index (χ1n) is 6.24. The average molecular weight is 240 g/mol. The number of hydrogen-bond acceptors (Lipinski definition) is 2. The van der Waals surface area contributed by atoms with E-state index in [1.807, 2.05) is 0 Å². The molecule has 3 heteroatoms. The molecule has 0 fully saturated rings. The van der Waals surface area contributed by atoms with Crippen LogP contribution in [-0.2, 0) is 4.43 Å². The fourth-order valence-corrected chi connectivity index (χ4v) is 2.49. The van der Waals surface area contributed by atoms with Gasteiger partial charge < -0.3 is 4.43 Å². The van der Waals surface area contributed by atoms with E-state index < -0.39 is 8.32 Å². The van der Waals surface area contributed by atoms with E-state index in [4.69, 9.17) is 4.43 Å². The average Bonchev–Trinajstić information content (AvgIpc) is 2.17. The lowest BCUT2D eigenvalue weighted by Crippen LogP contribution is -2.43. The van der Waals surface area contributed by atoms with Crippen LogP contribution in [0.25, 0.3) is 0 Å². The van der Waals surface area contributed by atoms with Crippen molar-refractivity contribution in [1.82, 2.24) is 4.90 Å². The second-order valence-electron chi connectivity index (χ2n) is 6.07. The van der Waals surface area contributed by atoms with Crippen LogP contribution in [0.2, 0.25) is 18.1 Å². The molecule has 0 aromatic rings. The Morgan fingerprint density at radius 3 is 2.56 bits per heavy atom. The van der Waals surface area contributed by atoms with Crippen LogP contribution < -0.4 is 0 Å². The molecular weight excluding hydrogens is 214 g/mol. The van der Waals surface area contributed by atoms with Crippen LogP contribution in [0.1, 0.15) is 27.2 Å². The minimum absolute atomic E-state index is 0.322. The summed E-state index contributed by atoms with van der Waals surface area (Å²) in [6, 6.07) is 0. The van der Waals surface area contributed by atoms with Gasteiger partial charge in [-0.25, -0.2) is 0 Å². The van der Waals surface area contributed by atoms with Gasteiger partial charge in [-0.2, -0.15) is 0 Å². The maximum Gasteiger partial charge on any atom is 0.192 e. The molecule has 1 aliphatic heterocycles. The van der Waals surface area contributed by atoms with Crippen LogP contribution in [-0.4, -0.2) is 39.5 Å². The highest BCUT2D eigenvalue weighted by Gasteiger charge is 2.36. The van der Waals surface area contributed by atoms with E-state index >= 15 is 0 Å². The lowest BCUT2D eigenvalue weighted by atomic mass is 10.2. The molecule has 0 atom stereocenters. The summed E-state index contributed by atoms with van der Waals surface area (Å²) in [5, 5.41) is 0.322. The molecule has 0 bridgehead atoms. The maximum atomic E-state index is 6.16. The minimum Gasteiger partial charge on any atom is -0.416 e. The van der Waals surface area contributed by atoms with E-state index in [1.165, 1.54) is 0 Å². The monoisotopic (exact) mass is 240 g/mol. The molecule has 0 spiro atoms. The van der Waals surface area contributed by atoms with E-state index in [0.717, 1.165) is 32.7 Å². The highest BCUT2D eigenvalue weighted by atomic mass is 28.4. The molecule has 0 aromatic heterocycles. The highest BCUT2D eigenvalue weighted by molar-refractivity contribution is 6.74. The van der Waals surface area contributed by atoms with Crippen molar-refractivity contribution in [1.29, 1.82) is 0 Å². The molecule has 1 heterocycles. The molecule has 1 rings (SSSR count). The Morgan fingerprint density at radius 2 is 2.06 bits per heavy atom. The van der Waals surface area contributed by atoms with E-state index in [0.29, 0.717) is 5.04 Å². The molecule has 1 aliphatic rings. The van der Waals surface area contributed by atoms with Gasteiger partial charge in [-0.1, -0.05) is 26.8 Å². The predicted octanol–water partition coefficient (Wildman–Crippen LogP) is 3.07. The van der Waals surface area contributed by atoms with Crippen molar-refractivity contribution in [2.24, 2.45) is 0 Å².